The zero-order chi connectivity index (χ0) is 10.7. The van der Waals surface area contributed by atoms with Crippen molar-refractivity contribution in [2.75, 3.05) is 0 Å². The molecule has 0 saturated heterocycles. The summed E-state index contributed by atoms with van der Waals surface area (Å²) in [5.74, 6) is 0. The van der Waals surface area contributed by atoms with E-state index in [0.29, 0.717) is 6.04 Å². The van der Waals surface area contributed by atoms with Gasteiger partial charge < -0.3 is 15.8 Å². The van der Waals surface area contributed by atoms with Gasteiger partial charge in [-0.1, -0.05) is 0 Å². The number of nitrogens with two attached hydrogens (primary N) is 1. The molecule has 15 heavy (non-hydrogen) atoms. The van der Waals surface area contributed by atoms with Crippen LogP contribution in [0, 0.1) is 0 Å². The Labute approximate surface area is 90.5 Å². The molecule has 1 amide bonds. The highest BCUT2D eigenvalue weighted by Crippen LogP contribution is 2.21. The summed E-state index contributed by atoms with van der Waals surface area (Å²) in [6.45, 7) is 0. The summed E-state index contributed by atoms with van der Waals surface area (Å²) in [6.07, 6.45) is 7.11. The maximum Gasteiger partial charge on any atom is 0.407 e. The lowest BCUT2D eigenvalue weighted by molar-refractivity contribution is 0.0655. The summed E-state index contributed by atoms with van der Waals surface area (Å²) in [7, 11) is 0. The average Bonchev–Trinajstić information content (AvgIpc) is 2.11. The first-order chi connectivity index (χ1) is 7.24. The Morgan fingerprint density at radius 1 is 1.20 bits per heavy atom. The van der Waals surface area contributed by atoms with Crippen LogP contribution in [-0.2, 0) is 4.74 Å². The van der Waals surface area contributed by atoms with Crippen molar-refractivity contribution in [3.63, 3.8) is 0 Å². The highest BCUT2D eigenvalue weighted by molar-refractivity contribution is 5.67. The Morgan fingerprint density at radius 3 is 2.53 bits per heavy atom. The van der Waals surface area contributed by atoms with E-state index >= 15 is 0 Å². The fourth-order valence-corrected chi connectivity index (χ4v) is 2.19. The number of alkyl carbamates (subject to hydrolysis) is 1. The highest BCUT2D eigenvalue weighted by Gasteiger charge is 2.25. The Morgan fingerprint density at radius 2 is 1.93 bits per heavy atom. The molecular formula is C11H20N2O2. The van der Waals surface area contributed by atoms with E-state index < -0.39 is 0 Å². The Kier molecular flexibility index (Phi) is 3.46. The van der Waals surface area contributed by atoms with Crippen LogP contribution in [0.25, 0.3) is 0 Å². The first-order valence-electron chi connectivity index (χ1n) is 5.97. The van der Waals surface area contributed by atoms with Crippen LogP contribution in [0.15, 0.2) is 0 Å². The molecule has 4 heteroatoms. The number of carbonyl (C=O) groups excluding carboxylic acids is 1. The first-order valence-corrected chi connectivity index (χ1v) is 5.97. The van der Waals surface area contributed by atoms with E-state index in [2.05, 4.69) is 5.32 Å². The van der Waals surface area contributed by atoms with Crippen LogP contribution in [-0.4, -0.2) is 24.3 Å². The van der Waals surface area contributed by atoms with E-state index in [4.69, 9.17) is 10.5 Å². The molecular weight excluding hydrogens is 192 g/mol. The van der Waals surface area contributed by atoms with Gasteiger partial charge in [0, 0.05) is 12.1 Å². The number of carbonyl (C=O) groups is 1. The third-order valence-electron chi connectivity index (χ3n) is 3.37. The van der Waals surface area contributed by atoms with Gasteiger partial charge in [0.05, 0.1) is 0 Å². The van der Waals surface area contributed by atoms with Crippen LogP contribution in [0.3, 0.4) is 0 Å². The van der Waals surface area contributed by atoms with Crippen molar-refractivity contribution < 1.29 is 9.53 Å². The average molecular weight is 212 g/mol. The molecule has 2 saturated carbocycles. The third kappa shape index (κ3) is 3.09. The molecule has 0 radical (unpaired) electrons. The molecule has 2 aliphatic rings. The normalized spacial score (nSPS) is 31.8. The summed E-state index contributed by atoms with van der Waals surface area (Å²) >= 11 is 0. The maximum atomic E-state index is 11.4. The molecule has 0 aromatic heterocycles. The largest absolute Gasteiger partial charge is 0.446 e. The van der Waals surface area contributed by atoms with E-state index in [0.717, 1.165) is 38.5 Å². The zero-order valence-electron chi connectivity index (χ0n) is 9.08. The van der Waals surface area contributed by atoms with Gasteiger partial charge >= 0.3 is 6.09 Å². The van der Waals surface area contributed by atoms with Crippen molar-refractivity contribution in [1.29, 1.82) is 0 Å². The number of ether oxygens (including phenoxy) is 1. The molecule has 0 bridgehead atoms. The van der Waals surface area contributed by atoms with Gasteiger partial charge in [-0.3, -0.25) is 0 Å². The van der Waals surface area contributed by atoms with E-state index in [1.807, 2.05) is 0 Å². The predicted molar refractivity (Wildman–Crippen MR) is 57.5 cm³/mol. The van der Waals surface area contributed by atoms with E-state index in [1.165, 1.54) is 6.42 Å². The quantitative estimate of drug-likeness (QED) is 0.729. The first kappa shape index (κ1) is 10.7. The van der Waals surface area contributed by atoms with E-state index in [9.17, 15) is 4.79 Å². The second kappa shape index (κ2) is 4.84. The smallest absolute Gasteiger partial charge is 0.407 e. The second-order valence-corrected chi connectivity index (χ2v) is 4.73. The number of rotatable bonds is 2. The zero-order valence-corrected chi connectivity index (χ0v) is 9.08. The lowest BCUT2D eigenvalue weighted by Crippen LogP contribution is -2.42. The van der Waals surface area contributed by atoms with E-state index in [-0.39, 0.29) is 18.2 Å². The van der Waals surface area contributed by atoms with Crippen LogP contribution in [0.4, 0.5) is 4.79 Å². The summed E-state index contributed by atoms with van der Waals surface area (Å²) in [5.41, 5.74) is 5.83. The van der Waals surface area contributed by atoms with Crippen LogP contribution in [0.2, 0.25) is 0 Å². The fourth-order valence-electron chi connectivity index (χ4n) is 2.19. The third-order valence-corrected chi connectivity index (χ3v) is 3.37. The van der Waals surface area contributed by atoms with Crippen molar-refractivity contribution in [3.8, 4) is 0 Å². The standard InChI is InChI=1S/C11H20N2O2/c12-8-3-1-6-10(7-8)15-11(14)13-9-4-2-5-9/h8-10H,1-7,12H2,(H,13,14). The molecule has 0 aliphatic heterocycles. The summed E-state index contributed by atoms with van der Waals surface area (Å²) in [6, 6.07) is 0.565. The van der Waals surface area contributed by atoms with Crippen LogP contribution in [0.1, 0.15) is 44.9 Å². The number of hydrogen-bond acceptors (Lipinski definition) is 3. The van der Waals surface area contributed by atoms with Gasteiger partial charge in [-0.15, -0.1) is 0 Å². The van der Waals surface area contributed by atoms with Crippen molar-refractivity contribution in [1.82, 2.24) is 5.32 Å². The predicted octanol–water partition coefficient (Wildman–Crippen LogP) is 1.53. The van der Waals surface area contributed by atoms with Gasteiger partial charge in [-0.05, 0) is 44.9 Å². The van der Waals surface area contributed by atoms with E-state index in [1.54, 1.807) is 0 Å². The van der Waals surface area contributed by atoms with Crippen molar-refractivity contribution in [2.45, 2.75) is 63.1 Å². The van der Waals surface area contributed by atoms with Crippen molar-refractivity contribution in [2.24, 2.45) is 5.73 Å². The van der Waals surface area contributed by atoms with Gasteiger partial charge in [0.25, 0.3) is 0 Å². The Bertz CT molecular complexity index is 229. The fraction of sp³-hybridized carbons (Fsp3) is 0.909. The van der Waals surface area contributed by atoms with Gasteiger partial charge in [0.1, 0.15) is 6.10 Å². The SMILES string of the molecule is NC1CCCC(OC(=O)NC2CCC2)C1. The number of nitrogens with one attached hydrogen (secondary N) is 1. The summed E-state index contributed by atoms with van der Waals surface area (Å²) in [4.78, 5) is 11.4. The molecule has 2 fully saturated rings. The van der Waals surface area contributed by atoms with Gasteiger partial charge in [0.2, 0.25) is 0 Å². The number of hydrogen-bond donors (Lipinski definition) is 2. The number of amides is 1. The molecule has 3 N–H and O–H groups in total. The van der Waals surface area contributed by atoms with Gasteiger partial charge in [-0.2, -0.15) is 0 Å². The summed E-state index contributed by atoms with van der Waals surface area (Å²) in [5, 5.41) is 2.88. The molecule has 0 heterocycles. The monoisotopic (exact) mass is 212 g/mol. The molecule has 4 nitrogen and oxygen atoms in total. The van der Waals surface area contributed by atoms with Crippen LogP contribution >= 0.6 is 0 Å². The Balaban J connectivity index is 1.68. The minimum absolute atomic E-state index is 0.0360. The molecule has 0 aromatic carbocycles. The maximum absolute atomic E-state index is 11.4. The molecule has 2 rings (SSSR count). The Hall–Kier alpha value is -0.770. The lowest BCUT2D eigenvalue weighted by Gasteiger charge is -2.29. The molecule has 2 aliphatic carbocycles. The second-order valence-electron chi connectivity index (χ2n) is 4.73. The molecule has 86 valence electrons. The van der Waals surface area contributed by atoms with Crippen molar-refractivity contribution >= 4 is 6.09 Å². The molecule has 2 atom stereocenters. The minimum atomic E-state index is -0.251. The molecule has 0 aromatic rings. The van der Waals surface area contributed by atoms with Gasteiger partial charge in [-0.25, -0.2) is 4.79 Å². The molecule has 0 spiro atoms. The van der Waals surface area contributed by atoms with Gasteiger partial charge in [0.15, 0.2) is 0 Å². The van der Waals surface area contributed by atoms with Crippen LogP contribution < -0.4 is 11.1 Å². The lowest BCUT2D eigenvalue weighted by atomic mass is 9.93. The minimum Gasteiger partial charge on any atom is -0.446 e. The van der Waals surface area contributed by atoms with Crippen LogP contribution in [0.5, 0.6) is 0 Å². The van der Waals surface area contributed by atoms with Crippen molar-refractivity contribution in [3.05, 3.63) is 0 Å². The topological polar surface area (TPSA) is 64.3 Å². The molecule has 2 unspecified atom stereocenters. The summed E-state index contributed by atoms with van der Waals surface area (Å²) < 4.78 is 5.34. The highest BCUT2D eigenvalue weighted by atomic mass is 16.6.